The molecule has 30 heavy (non-hydrogen) atoms. The zero-order valence-corrected chi connectivity index (χ0v) is 18.0. The van der Waals surface area contributed by atoms with Gasteiger partial charge in [-0.1, -0.05) is 47.5 Å². The molecule has 0 aromatic heterocycles. The summed E-state index contributed by atoms with van der Waals surface area (Å²) >= 11 is 6.13. The summed E-state index contributed by atoms with van der Waals surface area (Å²) in [5.41, 5.74) is 3.80. The number of nitrogens with one attached hydrogen (secondary N) is 1. The number of carbonyl (C=O) groups excluding carboxylic acids is 1. The smallest absolute Gasteiger partial charge is 0.264 e. The molecule has 0 spiro atoms. The van der Waals surface area contributed by atoms with E-state index in [0.717, 1.165) is 16.7 Å². The van der Waals surface area contributed by atoms with E-state index in [0.29, 0.717) is 35.8 Å². The van der Waals surface area contributed by atoms with Crippen molar-refractivity contribution < 1.29 is 13.2 Å². The van der Waals surface area contributed by atoms with E-state index in [2.05, 4.69) is 5.32 Å². The van der Waals surface area contributed by atoms with E-state index >= 15 is 0 Å². The molecule has 0 atom stereocenters. The van der Waals surface area contributed by atoms with Gasteiger partial charge in [-0.15, -0.1) is 0 Å². The molecule has 1 amide bonds. The zero-order chi connectivity index (χ0) is 21.3. The first kappa shape index (κ1) is 20.4. The Morgan fingerprint density at radius 2 is 1.80 bits per heavy atom. The maximum atomic E-state index is 13.1. The Labute approximate surface area is 181 Å². The second-order valence-corrected chi connectivity index (χ2v) is 9.53. The molecule has 7 heteroatoms. The minimum absolute atomic E-state index is 0.224. The van der Waals surface area contributed by atoms with Crippen molar-refractivity contribution in [3.63, 3.8) is 0 Å². The van der Waals surface area contributed by atoms with Gasteiger partial charge in [0.1, 0.15) is 0 Å². The molecule has 154 valence electrons. The summed E-state index contributed by atoms with van der Waals surface area (Å²) in [7, 11) is -3.63. The van der Waals surface area contributed by atoms with Crippen molar-refractivity contribution in [1.29, 1.82) is 0 Å². The number of fused-ring (bicyclic) bond motifs is 1. The summed E-state index contributed by atoms with van der Waals surface area (Å²) in [5, 5.41) is 3.47. The summed E-state index contributed by atoms with van der Waals surface area (Å²) in [6.07, 6.45) is 0.562. The third-order valence-electron chi connectivity index (χ3n) is 5.20. The van der Waals surface area contributed by atoms with Crippen molar-refractivity contribution in [3.05, 3.63) is 94.0 Å². The number of aryl methyl sites for hydroxylation is 1. The molecule has 5 nitrogen and oxygen atoms in total. The largest absolute Gasteiger partial charge is 0.348 e. The molecule has 4 rings (SSSR count). The van der Waals surface area contributed by atoms with Gasteiger partial charge in [0, 0.05) is 23.7 Å². The van der Waals surface area contributed by atoms with Crippen LogP contribution in [0, 0.1) is 6.92 Å². The lowest BCUT2D eigenvalue weighted by atomic mass is 10.1. The third-order valence-corrected chi connectivity index (χ3v) is 7.40. The summed E-state index contributed by atoms with van der Waals surface area (Å²) in [4.78, 5) is 12.8. The summed E-state index contributed by atoms with van der Waals surface area (Å²) in [5.74, 6) is -0.224. The second-order valence-electron chi connectivity index (χ2n) is 7.26. The van der Waals surface area contributed by atoms with Gasteiger partial charge in [0.2, 0.25) is 0 Å². The number of benzene rings is 3. The van der Waals surface area contributed by atoms with Crippen LogP contribution in [0.1, 0.15) is 27.0 Å². The highest BCUT2D eigenvalue weighted by molar-refractivity contribution is 7.92. The van der Waals surface area contributed by atoms with Crippen LogP contribution < -0.4 is 9.62 Å². The molecule has 0 saturated carbocycles. The Morgan fingerprint density at radius 1 is 1.07 bits per heavy atom. The van der Waals surface area contributed by atoms with Crippen LogP contribution in [0.25, 0.3) is 0 Å². The standard InChI is InChI=1S/C23H21ClN2O3S/c1-16-6-9-20(10-7-16)30(28,29)26-13-12-17-14-18(8-11-22(17)26)23(27)25-15-19-4-2-3-5-21(19)24/h2-11,14H,12-13,15H2,1H3,(H,25,27). The number of halogens is 1. The van der Waals surface area contributed by atoms with Gasteiger partial charge in [-0.05, 0) is 60.9 Å². The van der Waals surface area contributed by atoms with E-state index in [4.69, 9.17) is 11.6 Å². The molecule has 0 aliphatic carbocycles. The molecule has 1 aliphatic rings. The van der Waals surface area contributed by atoms with Gasteiger partial charge >= 0.3 is 0 Å². The van der Waals surface area contributed by atoms with E-state index in [1.54, 1.807) is 48.5 Å². The van der Waals surface area contributed by atoms with Crippen LogP contribution in [-0.2, 0) is 23.0 Å². The van der Waals surface area contributed by atoms with Gasteiger partial charge < -0.3 is 5.32 Å². The molecule has 0 saturated heterocycles. The lowest BCUT2D eigenvalue weighted by Gasteiger charge is -2.20. The van der Waals surface area contributed by atoms with Crippen LogP contribution in [0.2, 0.25) is 5.02 Å². The van der Waals surface area contributed by atoms with Gasteiger partial charge in [-0.25, -0.2) is 8.42 Å². The number of carbonyl (C=O) groups is 1. The SMILES string of the molecule is Cc1ccc(S(=O)(=O)N2CCc3cc(C(=O)NCc4ccccc4Cl)ccc32)cc1. The van der Waals surface area contributed by atoms with E-state index in [-0.39, 0.29) is 10.8 Å². The van der Waals surface area contributed by atoms with Crippen molar-refractivity contribution in [3.8, 4) is 0 Å². The number of hydrogen-bond donors (Lipinski definition) is 1. The van der Waals surface area contributed by atoms with Crippen LogP contribution >= 0.6 is 11.6 Å². The van der Waals surface area contributed by atoms with Crippen LogP contribution in [-0.4, -0.2) is 20.9 Å². The predicted molar refractivity (Wildman–Crippen MR) is 118 cm³/mol. The van der Waals surface area contributed by atoms with E-state index < -0.39 is 10.0 Å². The molecular formula is C23H21ClN2O3S. The quantitative estimate of drug-likeness (QED) is 0.642. The van der Waals surface area contributed by atoms with Crippen LogP contribution in [0.5, 0.6) is 0 Å². The minimum atomic E-state index is -3.63. The number of anilines is 1. The van der Waals surface area contributed by atoms with Crippen molar-refractivity contribution in [2.75, 3.05) is 10.8 Å². The normalized spacial score (nSPS) is 13.2. The number of nitrogens with zero attached hydrogens (tertiary/aromatic N) is 1. The molecule has 1 heterocycles. The van der Waals surface area contributed by atoms with Crippen molar-refractivity contribution in [2.45, 2.75) is 24.8 Å². The Kier molecular flexibility index (Phi) is 5.54. The van der Waals surface area contributed by atoms with Gasteiger partial charge in [-0.2, -0.15) is 0 Å². The number of hydrogen-bond acceptors (Lipinski definition) is 3. The van der Waals surface area contributed by atoms with E-state index in [9.17, 15) is 13.2 Å². The topological polar surface area (TPSA) is 66.5 Å². The third kappa shape index (κ3) is 3.93. The van der Waals surface area contributed by atoms with Gasteiger partial charge in [-0.3, -0.25) is 9.10 Å². The minimum Gasteiger partial charge on any atom is -0.348 e. The van der Waals surface area contributed by atoms with Crippen molar-refractivity contribution in [2.24, 2.45) is 0 Å². The van der Waals surface area contributed by atoms with Crippen LogP contribution in [0.4, 0.5) is 5.69 Å². The maximum Gasteiger partial charge on any atom is 0.264 e. The summed E-state index contributed by atoms with van der Waals surface area (Å²) in [6, 6.07) is 19.3. The molecule has 0 fully saturated rings. The lowest BCUT2D eigenvalue weighted by Crippen LogP contribution is -2.29. The number of sulfonamides is 1. The highest BCUT2D eigenvalue weighted by Crippen LogP contribution is 2.33. The van der Waals surface area contributed by atoms with E-state index in [1.807, 2.05) is 25.1 Å². The van der Waals surface area contributed by atoms with Crippen molar-refractivity contribution >= 4 is 33.2 Å². The fraction of sp³-hybridized carbons (Fsp3) is 0.174. The second kappa shape index (κ2) is 8.13. The van der Waals surface area contributed by atoms with E-state index in [1.165, 1.54) is 4.31 Å². The van der Waals surface area contributed by atoms with Gasteiger partial charge in [0.25, 0.3) is 15.9 Å². The molecule has 0 radical (unpaired) electrons. The summed E-state index contributed by atoms with van der Waals surface area (Å²) in [6.45, 7) is 2.60. The molecule has 3 aromatic carbocycles. The van der Waals surface area contributed by atoms with Gasteiger partial charge in [0.15, 0.2) is 0 Å². The van der Waals surface area contributed by atoms with Gasteiger partial charge in [0.05, 0.1) is 10.6 Å². The van der Waals surface area contributed by atoms with Crippen molar-refractivity contribution in [1.82, 2.24) is 5.32 Å². The Bertz CT molecular complexity index is 1210. The van der Waals surface area contributed by atoms with Crippen LogP contribution in [0.3, 0.4) is 0 Å². The zero-order valence-electron chi connectivity index (χ0n) is 16.4. The molecule has 1 aliphatic heterocycles. The fourth-order valence-electron chi connectivity index (χ4n) is 3.52. The average Bonchev–Trinajstić information content (AvgIpc) is 3.17. The monoisotopic (exact) mass is 440 g/mol. The highest BCUT2D eigenvalue weighted by atomic mass is 35.5. The number of rotatable bonds is 5. The lowest BCUT2D eigenvalue weighted by molar-refractivity contribution is 0.0951. The number of amides is 1. The first-order valence-corrected chi connectivity index (χ1v) is 11.4. The average molecular weight is 441 g/mol. The molecule has 1 N–H and O–H groups in total. The first-order valence-electron chi connectivity index (χ1n) is 9.60. The fourth-order valence-corrected chi connectivity index (χ4v) is 5.22. The molecular weight excluding hydrogens is 420 g/mol. The van der Waals surface area contributed by atoms with Crippen LogP contribution in [0.15, 0.2) is 71.6 Å². The molecule has 0 bridgehead atoms. The predicted octanol–water partition coefficient (Wildman–Crippen LogP) is 4.33. The molecule has 0 unspecified atom stereocenters. The maximum absolute atomic E-state index is 13.1. The summed E-state index contributed by atoms with van der Waals surface area (Å²) < 4.78 is 27.5. The Hall–Kier alpha value is -2.83. The first-order chi connectivity index (χ1) is 14.4. The Morgan fingerprint density at radius 3 is 2.53 bits per heavy atom. The molecule has 3 aromatic rings. The highest BCUT2D eigenvalue weighted by Gasteiger charge is 2.31. The Balaban J connectivity index is 1.53.